The zero-order valence-corrected chi connectivity index (χ0v) is 11.0. The maximum Gasteiger partial charge on any atom is 0.271 e. The number of H-pyrrole nitrogens is 1. The molecule has 5 nitrogen and oxygen atoms in total. The molecule has 0 saturated carbocycles. The van der Waals surface area contributed by atoms with Crippen molar-refractivity contribution in [1.29, 1.82) is 0 Å². The van der Waals surface area contributed by atoms with Crippen molar-refractivity contribution in [2.75, 3.05) is 11.9 Å². The van der Waals surface area contributed by atoms with Gasteiger partial charge < -0.3 is 9.88 Å². The molecule has 0 saturated heterocycles. The van der Waals surface area contributed by atoms with E-state index < -0.39 is 0 Å². The van der Waals surface area contributed by atoms with Crippen LogP contribution in [-0.4, -0.2) is 22.0 Å². The molecule has 2 aromatic heterocycles. The van der Waals surface area contributed by atoms with Crippen LogP contribution in [0.5, 0.6) is 0 Å². The van der Waals surface area contributed by atoms with Crippen LogP contribution >= 0.6 is 22.9 Å². The van der Waals surface area contributed by atoms with Gasteiger partial charge in [-0.05, 0) is 6.92 Å². The van der Waals surface area contributed by atoms with Gasteiger partial charge in [0, 0.05) is 11.9 Å². The highest BCUT2D eigenvalue weighted by molar-refractivity contribution is 7.09. The average molecular weight is 271 g/mol. The molecule has 0 fully saturated rings. The summed E-state index contributed by atoms with van der Waals surface area (Å²) in [5.41, 5.74) is 2.46. The van der Waals surface area contributed by atoms with Gasteiger partial charge in [0.2, 0.25) is 0 Å². The molecule has 2 heterocycles. The lowest BCUT2D eigenvalue weighted by Gasteiger charge is -2.17. The van der Waals surface area contributed by atoms with E-state index in [2.05, 4.69) is 15.0 Å². The smallest absolute Gasteiger partial charge is 0.271 e. The molecule has 0 aromatic carbocycles. The number of hydrogen-bond donors (Lipinski definition) is 1. The highest BCUT2D eigenvalue weighted by Crippen LogP contribution is 2.21. The summed E-state index contributed by atoms with van der Waals surface area (Å²) in [4.78, 5) is 25.0. The molecule has 2 rings (SSSR count). The molecular weight excluding hydrogens is 260 g/mol. The number of aromatic nitrogens is 3. The van der Waals surface area contributed by atoms with Gasteiger partial charge in [0.05, 0.1) is 24.1 Å². The van der Waals surface area contributed by atoms with Crippen LogP contribution in [0.1, 0.15) is 10.6 Å². The maximum atomic E-state index is 11.3. The largest absolute Gasteiger partial charge is 0.353 e. The van der Waals surface area contributed by atoms with E-state index in [9.17, 15) is 4.79 Å². The third-order valence-corrected chi connectivity index (χ3v) is 3.63. The Morgan fingerprint density at radius 3 is 2.94 bits per heavy atom. The first-order chi connectivity index (χ1) is 8.09. The van der Waals surface area contributed by atoms with E-state index >= 15 is 0 Å². The fraction of sp³-hybridized carbons (Fsp3) is 0.300. The monoisotopic (exact) mass is 270 g/mol. The van der Waals surface area contributed by atoms with Gasteiger partial charge in [0.1, 0.15) is 5.02 Å². The van der Waals surface area contributed by atoms with Gasteiger partial charge in [-0.3, -0.25) is 4.79 Å². The Hall–Kier alpha value is -1.40. The van der Waals surface area contributed by atoms with Crippen molar-refractivity contribution in [3.05, 3.63) is 37.8 Å². The quantitative estimate of drug-likeness (QED) is 0.924. The Labute approximate surface area is 107 Å². The Kier molecular flexibility index (Phi) is 3.44. The van der Waals surface area contributed by atoms with Crippen molar-refractivity contribution in [3.63, 3.8) is 0 Å². The summed E-state index contributed by atoms with van der Waals surface area (Å²) in [5.74, 6) is 0.475. The van der Waals surface area contributed by atoms with E-state index in [1.807, 2.05) is 18.9 Å². The van der Waals surface area contributed by atoms with Crippen molar-refractivity contribution in [3.8, 4) is 0 Å². The number of nitrogens with zero attached hydrogens (tertiary/aromatic N) is 3. The summed E-state index contributed by atoms with van der Waals surface area (Å²) in [6.07, 6.45) is 1.35. The molecule has 90 valence electrons. The first kappa shape index (κ1) is 12.1. The molecule has 0 aliphatic rings. The molecule has 0 aliphatic carbocycles. The molecule has 0 spiro atoms. The van der Waals surface area contributed by atoms with Crippen LogP contribution in [0.3, 0.4) is 0 Å². The molecule has 0 amide bonds. The SMILES string of the molecule is Cc1ncsc1CN(C)c1nc[nH]c(=O)c1Cl. The van der Waals surface area contributed by atoms with Crippen LogP contribution in [0.25, 0.3) is 0 Å². The van der Waals surface area contributed by atoms with Gasteiger partial charge in [-0.2, -0.15) is 0 Å². The number of aryl methyl sites for hydroxylation is 1. The zero-order valence-electron chi connectivity index (χ0n) is 9.40. The van der Waals surface area contributed by atoms with Crippen LogP contribution in [0.15, 0.2) is 16.6 Å². The van der Waals surface area contributed by atoms with Crippen molar-refractivity contribution >= 4 is 28.8 Å². The van der Waals surface area contributed by atoms with E-state index in [1.165, 1.54) is 6.33 Å². The normalized spacial score (nSPS) is 10.5. The van der Waals surface area contributed by atoms with Crippen LogP contribution in [0.2, 0.25) is 5.02 Å². The van der Waals surface area contributed by atoms with E-state index in [4.69, 9.17) is 11.6 Å². The Balaban J connectivity index is 2.26. The second-order valence-electron chi connectivity index (χ2n) is 3.59. The van der Waals surface area contributed by atoms with Gasteiger partial charge in [-0.25, -0.2) is 9.97 Å². The highest BCUT2D eigenvalue weighted by Gasteiger charge is 2.12. The van der Waals surface area contributed by atoms with E-state index in [0.29, 0.717) is 12.4 Å². The topological polar surface area (TPSA) is 61.9 Å². The van der Waals surface area contributed by atoms with Gasteiger partial charge in [0.15, 0.2) is 5.82 Å². The number of aromatic amines is 1. The van der Waals surface area contributed by atoms with Gasteiger partial charge in [0.25, 0.3) is 5.56 Å². The van der Waals surface area contributed by atoms with Crippen molar-refractivity contribution in [2.45, 2.75) is 13.5 Å². The predicted octanol–water partition coefficient (Wildman–Crippen LogP) is 1.82. The molecule has 0 atom stereocenters. The minimum Gasteiger partial charge on any atom is -0.353 e. The van der Waals surface area contributed by atoms with E-state index in [1.54, 1.807) is 16.8 Å². The van der Waals surface area contributed by atoms with Gasteiger partial charge in [-0.1, -0.05) is 11.6 Å². The van der Waals surface area contributed by atoms with Crippen LogP contribution in [0, 0.1) is 6.92 Å². The fourth-order valence-electron chi connectivity index (χ4n) is 1.41. The van der Waals surface area contributed by atoms with Crippen LogP contribution < -0.4 is 10.5 Å². The highest BCUT2D eigenvalue weighted by atomic mass is 35.5. The second-order valence-corrected chi connectivity index (χ2v) is 4.90. The molecule has 1 N–H and O–H groups in total. The third kappa shape index (κ3) is 2.48. The third-order valence-electron chi connectivity index (χ3n) is 2.37. The van der Waals surface area contributed by atoms with Crippen LogP contribution in [-0.2, 0) is 6.54 Å². The van der Waals surface area contributed by atoms with Crippen molar-refractivity contribution < 1.29 is 0 Å². The lowest BCUT2D eigenvalue weighted by Crippen LogP contribution is -2.21. The second kappa shape index (κ2) is 4.85. The number of nitrogens with one attached hydrogen (secondary N) is 1. The molecule has 7 heteroatoms. The molecule has 2 aromatic rings. The molecule has 0 bridgehead atoms. The maximum absolute atomic E-state index is 11.3. The molecule has 0 aliphatic heterocycles. The minimum absolute atomic E-state index is 0.108. The predicted molar refractivity (Wildman–Crippen MR) is 68.8 cm³/mol. The lowest BCUT2D eigenvalue weighted by atomic mass is 10.3. The van der Waals surface area contributed by atoms with Gasteiger partial charge in [-0.15, -0.1) is 11.3 Å². The van der Waals surface area contributed by atoms with Crippen LogP contribution in [0.4, 0.5) is 5.82 Å². The summed E-state index contributed by atoms with van der Waals surface area (Å²) in [7, 11) is 1.84. The standard InChI is InChI=1S/C10H11ClN4OS/c1-6-7(17-5-14-6)3-15(2)9-8(11)10(16)13-4-12-9/h4-5H,3H2,1-2H3,(H,12,13,16). The Morgan fingerprint density at radius 2 is 2.29 bits per heavy atom. The summed E-state index contributed by atoms with van der Waals surface area (Å²) >= 11 is 7.48. The fourth-order valence-corrected chi connectivity index (χ4v) is 2.49. The molecule has 0 radical (unpaired) electrons. The van der Waals surface area contributed by atoms with Crippen molar-refractivity contribution in [2.24, 2.45) is 0 Å². The minimum atomic E-state index is -0.329. The average Bonchev–Trinajstić information content (AvgIpc) is 2.68. The number of anilines is 1. The summed E-state index contributed by atoms with van der Waals surface area (Å²) in [6, 6.07) is 0. The molecular formula is C10H11ClN4OS. The van der Waals surface area contributed by atoms with Crippen molar-refractivity contribution in [1.82, 2.24) is 15.0 Å². The lowest BCUT2D eigenvalue weighted by molar-refractivity contribution is 0.890. The van der Waals surface area contributed by atoms with E-state index in [-0.39, 0.29) is 10.6 Å². The number of rotatable bonds is 3. The summed E-state index contributed by atoms with van der Waals surface area (Å²) < 4.78 is 0. The first-order valence-corrected chi connectivity index (χ1v) is 6.18. The zero-order chi connectivity index (χ0) is 12.4. The number of thiazole rings is 1. The Bertz CT molecular complexity index is 580. The summed E-state index contributed by atoms with van der Waals surface area (Å²) in [5, 5.41) is 0.108. The molecule has 0 unspecified atom stereocenters. The van der Waals surface area contributed by atoms with E-state index in [0.717, 1.165) is 10.6 Å². The number of hydrogen-bond acceptors (Lipinski definition) is 5. The first-order valence-electron chi connectivity index (χ1n) is 4.93. The number of halogens is 1. The Morgan fingerprint density at radius 1 is 1.53 bits per heavy atom. The molecule has 17 heavy (non-hydrogen) atoms. The van der Waals surface area contributed by atoms with Gasteiger partial charge >= 0.3 is 0 Å². The summed E-state index contributed by atoms with van der Waals surface area (Å²) in [6.45, 7) is 2.58.